The molecule has 0 aliphatic carbocycles. The monoisotopic (exact) mass is 266 g/mol. The molecule has 0 amide bonds. The van der Waals surface area contributed by atoms with E-state index >= 15 is 0 Å². The number of benzene rings is 1. The van der Waals surface area contributed by atoms with Crippen LogP contribution in [0.3, 0.4) is 0 Å². The molecule has 3 nitrogen and oxygen atoms in total. The minimum Gasteiger partial charge on any atom is -0.465 e. The van der Waals surface area contributed by atoms with Gasteiger partial charge in [0.25, 0.3) is 0 Å². The summed E-state index contributed by atoms with van der Waals surface area (Å²) >= 11 is 5.92. The predicted octanol–water partition coefficient (Wildman–Crippen LogP) is 4.14. The van der Waals surface area contributed by atoms with Crippen LogP contribution in [0.5, 0.6) is 0 Å². The summed E-state index contributed by atoms with van der Waals surface area (Å²) in [5.74, 6) is 0.0366. The van der Waals surface area contributed by atoms with E-state index in [4.69, 9.17) is 20.8 Å². The molecule has 0 saturated carbocycles. The molecule has 96 valence electrons. The molecule has 1 atom stereocenters. The van der Waals surface area contributed by atoms with Crippen LogP contribution in [0.4, 0.5) is 0 Å². The van der Waals surface area contributed by atoms with Crippen LogP contribution in [-0.4, -0.2) is 12.6 Å². The number of hydrogen-bond acceptors (Lipinski definition) is 3. The number of carbonyl (C=O) groups is 1. The van der Waals surface area contributed by atoms with Gasteiger partial charge in [0.05, 0.1) is 6.61 Å². The quantitative estimate of drug-likeness (QED) is 0.781. The Morgan fingerprint density at radius 1 is 1.39 bits per heavy atom. The highest BCUT2D eigenvalue weighted by molar-refractivity contribution is 6.31. The lowest BCUT2D eigenvalue weighted by Gasteiger charge is -2.10. The van der Waals surface area contributed by atoms with E-state index in [0.717, 1.165) is 11.0 Å². The highest BCUT2D eigenvalue weighted by Crippen LogP contribution is 2.29. The number of carbonyl (C=O) groups excluding carboxylic acids is 1. The molecule has 0 aliphatic heterocycles. The Labute approximate surface area is 111 Å². The normalized spacial score (nSPS) is 12.6. The molecule has 18 heavy (non-hydrogen) atoms. The lowest BCUT2D eigenvalue weighted by molar-refractivity contribution is -0.145. The largest absolute Gasteiger partial charge is 0.465 e. The average Bonchev–Trinajstić information content (AvgIpc) is 2.72. The molecule has 0 radical (unpaired) electrons. The van der Waals surface area contributed by atoms with Crippen LogP contribution in [0.2, 0.25) is 5.02 Å². The predicted molar refractivity (Wildman–Crippen MR) is 70.9 cm³/mol. The molecular weight excluding hydrogens is 252 g/mol. The molecule has 0 bridgehead atoms. The summed E-state index contributed by atoms with van der Waals surface area (Å²) in [6.07, 6.45) is 0.645. The van der Waals surface area contributed by atoms with Crippen molar-refractivity contribution in [2.45, 2.75) is 26.2 Å². The second-order valence-corrected chi connectivity index (χ2v) is 4.48. The van der Waals surface area contributed by atoms with Crippen molar-refractivity contribution < 1.29 is 13.9 Å². The molecule has 2 aromatic rings. The van der Waals surface area contributed by atoms with Crippen molar-refractivity contribution in [3.8, 4) is 0 Å². The third-order valence-corrected chi connectivity index (χ3v) is 3.06. The topological polar surface area (TPSA) is 39.4 Å². The minimum absolute atomic E-state index is 0.245. The van der Waals surface area contributed by atoms with Gasteiger partial charge in [0, 0.05) is 10.4 Å². The molecule has 1 unspecified atom stereocenters. The fourth-order valence-corrected chi connectivity index (χ4v) is 2.11. The fourth-order valence-electron chi connectivity index (χ4n) is 1.93. The second-order valence-electron chi connectivity index (χ2n) is 4.04. The maximum absolute atomic E-state index is 11.8. The summed E-state index contributed by atoms with van der Waals surface area (Å²) in [5, 5.41) is 1.55. The van der Waals surface area contributed by atoms with E-state index in [-0.39, 0.29) is 11.9 Å². The van der Waals surface area contributed by atoms with Gasteiger partial charge in [-0.05, 0) is 37.6 Å². The number of esters is 1. The third kappa shape index (κ3) is 2.51. The Morgan fingerprint density at radius 3 is 2.83 bits per heavy atom. The average molecular weight is 267 g/mol. The lowest BCUT2D eigenvalue weighted by Crippen LogP contribution is -2.14. The zero-order chi connectivity index (χ0) is 13.1. The van der Waals surface area contributed by atoms with Crippen molar-refractivity contribution in [3.05, 3.63) is 35.0 Å². The van der Waals surface area contributed by atoms with E-state index in [1.165, 1.54) is 0 Å². The summed E-state index contributed by atoms with van der Waals surface area (Å²) in [4.78, 5) is 11.8. The maximum Gasteiger partial charge on any atom is 0.316 e. The van der Waals surface area contributed by atoms with Crippen LogP contribution >= 0.6 is 11.6 Å². The first-order chi connectivity index (χ1) is 8.65. The van der Waals surface area contributed by atoms with Gasteiger partial charge in [0.2, 0.25) is 0 Å². The van der Waals surface area contributed by atoms with E-state index in [0.29, 0.717) is 23.8 Å². The minimum atomic E-state index is -0.351. The third-order valence-electron chi connectivity index (χ3n) is 2.82. The Kier molecular flexibility index (Phi) is 3.92. The van der Waals surface area contributed by atoms with E-state index in [1.807, 2.05) is 19.1 Å². The van der Waals surface area contributed by atoms with Crippen LogP contribution in [0.1, 0.15) is 31.9 Å². The van der Waals surface area contributed by atoms with Crippen LogP contribution < -0.4 is 0 Å². The van der Waals surface area contributed by atoms with Gasteiger partial charge < -0.3 is 9.15 Å². The molecule has 1 aromatic heterocycles. The van der Waals surface area contributed by atoms with Crippen LogP contribution in [0, 0.1) is 0 Å². The van der Waals surface area contributed by atoms with Crippen molar-refractivity contribution in [1.82, 2.24) is 0 Å². The highest BCUT2D eigenvalue weighted by Gasteiger charge is 2.23. The standard InChI is InChI=1S/C14H15ClO3/c1-3-11(14(16)17-4-2)13-8-9-7-10(15)5-6-12(9)18-13/h5-8,11H,3-4H2,1-2H3. The zero-order valence-electron chi connectivity index (χ0n) is 10.4. The second kappa shape index (κ2) is 5.44. The van der Waals surface area contributed by atoms with Gasteiger partial charge in [-0.25, -0.2) is 0 Å². The lowest BCUT2D eigenvalue weighted by atomic mass is 10.0. The SMILES string of the molecule is CCOC(=O)C(CC)c1cc2cc(Cl)ccc2o1. The van der Waals surface area contributed by atoms with Gasteiger partial charge in [0.15, 0.2) is 0 Å². The van der Waals surface area contributed by atoms with Gasteiger partial charge in [-0.2, -0.15) is 0 Å². The molecule has 2 rings (SSSR count). The highest BCUT2D eigenvalue weighted by atomic mass is 35.5. The fraction of sp³-hybridized carbons (Fsp3) is 0.357. The molecule has 4 heteroatoms. The Bertz CT molecular complexity index is 559. The van der Waals surface area contributed by atoms with E-state index < -0.39 is 0 Å². The summed E-state index contributed by atoms with van der Waals surface area (Å²) < 4.78 is 10.7. The molecule has 0 saturated heterocycles. The van der Waals surface area contributed by atoms with Gasteiger partial charge in [0.1, 0.15) is 17.3 Å². The Balaban J connectivity index is 2.36. The number of furan rings is 1. The van der Waals surface area contributed by atoms with E-state index in [9.17, 15) is 4.79 Å². The first-order valence-electron chi connectivity index (χ1n) is 6.01. The number of hydrogen-bond donors (Lipinski definition) is 0. The van der Waals surface area contributed by atoms with Crippen LogP contribution in [0.15, 0.2) is 28.7 Å². The van der Waals surface area contributed by atoms with Crippen molar-refractivity contribution >= 4 is 28.5 Å². The summed E-state index contributed by atoms with van der Waals surface area (Å²) in [6, 6.07) is 7.25. The molecule has 0 aliphatic rings. The van der Waals surface area contributed by atoms with Crippen molar-refractivity contribution in [1.29, 1.82) is 0 Å². The molecule has 1 aromatic carbocycles. The first-order valence-corrected chi connectivity index (χ1v) is 6.39. The molecule has 0 spiro atoms. The van der Waals surface area contributed by atoms with Gasteiger partial charge in [-0.1, -0.05) is 18.5 Å². The summed E-state index contributed by atoms with van der Waals surface area (Å²) in [5.41, 5.74) is 0.733. The van der Waals surface area contributed by atoms with E-state index in [1.54, 1.807) is 19.1 Å². The number of halogens is 1. The van der Waals surface area contributed by atoms with E-state index in [2.05, 4.69) is 0 Å². The number of ether oxygens (including phenoxy) is 1. The summed E-state index contributed by atoms with van der Waals surface area (Å²) in [6.45, 7) is 4.10. The molecule has 0 N–H and O–H groups in total. The van der Waals surface area contributed by atoms with Crippen molar-refractivity contribution in [2.24, 2.45) is 0 Å². The Hall–Kier alpha value is -1.48. The molecular formula is C14H15ClO3. The number of fused-ring (bicyclic) bond motifs is 1. The first kappa shape index (κ1) is 13.0. The van der Waals surface area contributed by atoms with Crippen LogP contribution in [-0.2, 0) is 9.53 Å². The maximum atomic E-state index is 11.8. The van der Waals surface area contributed by atoms with Gasteiger partial charge in [-0.15, -0.1) is 0 Å². The van der Waals surface area contributed by atoms with Crippen LogP contribution in [0.25, 0.3) is 11.0 Å². The van der Waals surface area contributed by atoms with Gasteiger partial charge >= 0.3 is 5.97 Å². The van der Waals surface area contributed by atoms with Gasteiger partial charge in [-0.3, -0.25) is 4.79 Å². The summed E-state index contributed by atoms with van der Waals surface area (Å²) in [7, 11) is 0. The number of rotatable bonds is 4. The van der Waals surface area contributed by atoms with Crippen molar-refractivity contribution in [3.63, 3.8) is 0 Å². The molecule has 0 fully saturated rings. The Morgan fingerprint density at radius 2 is 2.17 bits per heavy atom. The molecule has 1 heterocycles. The zero-order valence-corrected chi connectivity index (χ0v) is 11.2. The smallest absolute Gasteiger partial charge is 0.316 e. The van der Waals surface area contributed by atoms with Crippen molar-refractivity contribution in [2.75, 3.05) is 6.61 Å².